The van der Waals surface area contributed by atoms with Crippen LogP contribution in [0, 0.1) is 5.92 Å². The van der Waals surface area contributed by atoms with Crippen molar-refractivity contribution in [2.24, 2.45) is 5.92 Å². The van der Waals surface area contributed by atoms with Gasteiger partial charge in [-0.05, 0) is 35.8 Å². The molecule has 2 fully saturated rings. The molecule has 2 aliphatic rings. The van der Waals surface area contributed by atoms with Crippen LogP contribution >= 0.6 is 0 Å². The number of carbonyl (C=O) groups excluding carboxylic acids is 1. The molecule has 0 bridgehead atoms. The van der Waals surface area contributed by atoms with Crippen molar-refractivity contribution in [3.8, 4) is 0 Å². The van der Waals surface area contributed by atoms with E-state index in [1.54, 1.807) is 4.90 Å². The normalized spacial score (nSPS) is 26.8. The van der Waals surface area contributed by atoms with Crippen molar-refractivity contribution in [3.63, 3.8) is 0 Å². The van der Waals surface area contributed by atoms with Crippen molar-refractivity contribution in [2.45, 2.75) is 38.5 Å². The van der Waals surface area contributed by atoms with Gasteiger partial charge in [0.1, 0.15) is 0 Å². The lowest BCUT2D eigenvalue weighted by atomic mass is 10.00. The SMILES string of the molecule is CC(C)c1ccc([C@H]2C[C@@H]2C(=O)N2CCCS(=O)(=O)CC2)cc1. The summed E-state index contributed by atoms with van der Waals surface area (Å²) >= 11 is 0. The maximum Gasteiger partial charge on any atom is 0.226 e. The first-order chi connectivity index (χ1) is 10.9. The molecule has 1 heterocycles. The second kappa shape index (κ2) is 6.27. The zero-order valence-corrected chi connectivity index (χ0v) is 14.7. The summed E-state index contributed by atoms with van der Waals surface area (Å²) in [6.45, 7) is 5.28. The first-order valence-corrected chi connectivity index (χ1v) is 10.3. The number of carbonyl (C=O) groups is 1. The smallest absolute Gasteiger partial charge is 0.226 e. The van der Waals surface area contributed by atoms with Crippen LogP contribution in [0.1, 0.15) is 49.7 Å². The molecule has 1 saturated carbocycles. The molecule has 1 amide bonds. The van der Waals surface area contributed by atoms with Gasteiger partial charge in [-0.1, -0.05) is 38.1 Å². The second-order valence-electron chi connectivity index (χ2n) is 7.10. The first kappa shape index (κ1) is 16.5. The highest BCUT2D eigenvalue weighted by atomic mass is 32.2. The van der Waals surface area contributed by atoms with Crippen LogP contribution < -0.4 is 0 Å². The van der Waals surface area contributed by atoms with E-state index in [1.165, 1.54) is 11.1 Å². The lowest BCUT2D eigenvalue weighted by Gasteiger charge is -2.19. The maximum atomic E-state index is 12.6. The number of amides is 1. The Kier molecular flexibility index (Phi) is 4.50. The molecule has 1 aliphatic carbocycles. The van der Waals surface area contributed by atoms with Crippen LogP contribution in [0.3, 0.4) is 0 Å². The highest BCUT2D eigenvalue weighted by molar-refractivity contribution is 7.91. The summed E-state index contributed by atoms with van der Waals surface area (Å²) in [6.07, 6.45) is 1.46. The largest absolute Gasteiger partial charge is 0.341 e. The van der Waals surface area contributed by atoms with Crippen LogP contribution in [0.4, 0.5) is 0 Å². The summed E-state index contributed by atoms with van der Waals surface area (Å²) in [5.74, 6) is 1.32. The van der Waals surface area contributed by atoms with Gasteiger partial charge >= 0.3 is 0 Å². The van der Waals surface area contributed by atoms with E-state index in [4.69, 9.17) is 0 Å². The molecule has 1 aliphatic heterocycles. The predicted molar refractivity (Wildman–Crippen MR) is 91.2 cm³/mol. The van der Waals surface area contributed by atoms with Gasteiger partial charge in [-0.3, -0.25) is 4.79 Å². The molecular formula is C18H25NO3S. The highest BCUT2D eigenvalue weighted by Gasteiger charge is 2.45. The third-order valence-corrected chi connectivity index (χ3v) is 6.72. The Morgan fingerprint density at radius 1 is 1.13 bits per heavy atom. The van der Waals surface area contributed by atoms with Crippen LogP contribution in [-0.4, -0.2) is 43.8 Å². The number of nitrogens with zero attached hydrogens (tertiary/aromatic N) is 1. The molecule has 0 N–H and O–H groups in total. The number of benzene rings is 1. The van der Waals surface area contributed by atoms with E-state index in [-0.39, 0.29) is 23.3 Å². The Morgan fingerprint density at radius 3 is 2.48 bits per heavy atom. The van der Waals surface area contributed by atoms with Crippen molar-refractivity contribution in [1.82, 2.24) is 4.90 Å². The summed E-state index contributed by atoms with van der Waals surface area (Å²) in [4.78, 5) is 14.4. The molecule has 4 nitrogen and oxygen atoms in total. The van der Waals surface area contributed by atoms with E-state index >= 15 is 0 Å². The summed E-state index contributed by atoms with van der Waals surface area (Å²) in [5.41, 5.74) is 2.55. The minimum Gasteiger partial charge on any atom is -0.341 e. The van der Waals surface area contributed by atoms with E-state index in [9.17, 15) is 13.2 Å². The molecule has 0 aromatic heterocycles. The van der Waals surface area contributed by atoms with E-state index in [2.05, 4.69) is 38.1 Å². The Morgan fingerprint density at radius 2 is 1.83 bits per heavy atom. The van der Waals surface area contributed by atoms with Crippen molar-refractivity contribution < 1.29 is 13.2 Å². The average Bonchev–Trinajstić information content (AvgIpc) is 3.31. The van der Waals surface area contributed by atoms with Gasteiger partial charge in [-0.2, -0.15) is 0 Å². The highest BCUT2D eigenvalue weighted by Crippen LogP contribution is 2.48. The molecule has 126 valence electrons. The van der Waals surface area contributed by atoms with Gasteiger partial charge in [0.2, 0.25) is 5.91 Å². The Bertz CT molecular complexity index is 679. The molecule has 5 heteroatoms. The van der Waals surface area contributed by atoms with Crippen LogP contribution in [-0.2, 0) is 14.6 Å². The molecule has 1 aromatic carbocycles. The molecule has 1 saturated heterocycles. The van der Waals surface area contributed by atoms with Crippen molar-refractivity contribution >= 4 is 15.7 Å². The van der Waals surface area contributed by atoms with Gasteiger partial charge < -0.3 is 4.90 Å². The number of hydrogen-bond donors (Lipinski definition) is 0. The summed E-state index contributed by atoms with van der Waals surface area (Å²) in [5, 5.41) is 0. The molecule has 0 unspecified atom stereocenters. The van der Waals surface area contributed by atoms with Gasteiger partial charge in [0.15, 0.2) is 9.84 Å². The van der Waals surface area contributed by atoms with Crippen molar-refractivity contribution in [3.05, 3.63) is 35.4 Å². The summed E-state index contributed by atoms with van der Waals surface area (Å²) < 4.78 is 23.3. The third kappa shape index (κ3) is 3.77. The van der Waals surface area contributed by atoms with Gasteiger partial charge in [0.05, 0.1) is 11.5 Å². The fourth-order valence-corrected chi connectivity index (χ4v) is 4.63. The van der Waals surface area contributed by atoms with Gasteiger partial charge in [0.25, 0.3) is 0 Å². The first-order valence-electron chi connectivity index (χ1n) is 8.46. The van der Waals surface area contributed by atoms with Crippen molar-refractivity contribution in [2.75, 3.05) is 24.6 Å². The molecular weight excluding hydrogens is 310 g/mol. The molecule has 23 heavy (non-hydrogen) atoms. The van der Waals surface area contributed by atoms with Crippen LogP contribution in [0.25, 0.3) is 0 Å². The lowest BCUT2D eigenvalue weighted by molar-refractivity contribution is -0.132. The number of hydrogen-bond acceptors (Lipinski definition) is 3. The number of rotatable bonds is 3. The minimum atomic E-state index is -2.96. The topological polar surface area (TPSA) is 54.5 Å². The van der Waals surface area contributed by atoms with E-state index in [0.717, 1.165) is 6.42 Å². The fourth-order valence-electron chi connectivity index (χ4n) is 3.36. The maximum absolute atomic E-state index is 12.6. The van der Waals surface area contributed by atoms with Gasteiger partial charge in [0, 0.05) is 19.0 Å². The standard InChI is InChI=1S/C18H25NO3S/c1-13(2)14-4-6-15(7-5-14)16-12-17(16)18(20)19-8-3-10-23(21,22)11-9-19/h4-7,13,16-17H,3,8-12H2,1-2H3/t16-,17+/m1/s1. The zero-order chi connectivity index (χ0) is 16.6. The Balaban J connectivity index is 1.62. The lowest BCUT2D eigenvalue weighted by Crippen LogP contribution is -2.35. The van der Waals surface area contributed by atoms with Crippen LogP contribution in [0.5, 0.6) is 0 Å². The van der Waals surface area contributed by atoms with E-state index in [0.29, 0.717) is 31.3 Å². The zero-order valence-electron chi connectivity index (χ0n) is 13.9. The quantitative estimate of drug-likeness (QED) is 0.853. The minimum absolute atomic E-state index is 0.0423. The van der Waals surface area contributed by atoms with E-state index in [1.807, 2.05) is 0 Å². The Hall–Kier alpha value is -1.36. The van der Waals surface area contributed by atoms with Crippen LogP contribution in [0.2, 0.25) is 0 Å². The Labute approximate surface area is 138 Å². The summed E-state index contributed by atoms with van der Waals surface area (Å²) in [7, 11) is -2.96. The van der Waals surface area contributed by atoms with Crippen molar-refractivity contribution in [1.29, 1.82) is 0 Å². The van der Waals surface area contributed by atoms with Crippen LogP contribution in [0.15, 0.2) is 24.3 Å². The fraction of sp³-hybridized carbons (Fsp3) is 0.611. The average molecular weight is 335 g/mol. The molecule has 0 radical (unpaired) electrons. The van der Waals surface area contributed by atoms with E-state index < -0.39 is 9.84 Å². The van der Waals surface area contributed by atoms with Gasteiger partial charge in [-0.15, -0.1) is 0 Å². The third-order valence-electron chi connectivity index (χ3n) is 5.01. The molecule has 2 atom stereocenters. The molecule has 3 rings (SSSR count). The second-order valence-corrected chi connectivity index (χ2v) is 9.40. The summed E-state index contributed by atoms with van der Waals surface area (Å²) in [6, 6.07) is 8.58. The molecule has 0 spiro atoms. The molecule has 1 aromatic rings. The monoisotopic (exact) mass is 335 g/mol. The van der Waals surface area contributed by atoms with Gasteiger partial charge in [-0.25, -0.2) is 8.42 Å². The predicted octanol–water partition coefficient (Wildman–Crippen LogP) is 2.56. The number of sulfone groups is 1.